The summed E-state index contributed by atoms with van der Waals surface area (Å²) in [5, 5.41) is 0. The van der Waals surface area contributed by atoms with Crippen molar-refractivity contribution in [1.82, 2.24) is 4.90 Å². The number of amides is 1. The fourth-order valence-electron chi connectivity index (χ4n) is 2.59. The van der Waals surface area contributed by atoms with Crippen molar-refractivity contribution >= 4 is 21.7 Å². The van der Waals surface area contributed by atoms with Crippen LogP contribution in [0.15, 0.2) is 29.2 Å². The number of carbonyl (C=O) groups is 2. The summed E-state index contributed by atoms with van der Waals surface area (Å²) in [5.74, 6) is -0.598. The van der Waals surface area contributed by atoms with E-state index in [9.17, 15) is 18.0 Å². The molecule has 7 nitrogen and oxygen atoms in total. The zero-order valence-corrected chi connectivity index (χ0v) is 15.6. The number of benzene rings is 1. The number of nitrogens with zero attached hydrogens (tertiary/aromatic N) is 1. The van der Waals surface area contributed by atoms with Gasteiger partial charge in [-0.15, -0.1) is 0 Å². The molecule has 0 bridgehead atoms. The fraction of sp³-hybridized carbons (Fsp3) is 0.529. The van der Waals surface area contributed by atoms with Crippen molar-refractivity contribution in [2.24, 2.45) is 0 Å². The maximum absolute atomic E-state index is 13.0. The van der Waals surface area contributed by atoms with E-state index in [1.165, 1.54) is 26.0 Å². The van der Waals surface area contributed by atoms with Crippen LogP contribution >= 0.6 is 0 Å². The average molecular weight is 369 g/mol. The van der Waals surface area contributed by atoms with E-state index in [0.29, 0.717) is 0 Å². The van der Waals surface area contributed by atoms with Gasteiger partial charge in [0.25, 0.3) is 0 Å². The molecule has 0 N–H and O–H groups in total. The minimum absolute atomic E-state index is 0.0511. The van der Waals surface area contributed by atoms with Crippen LogP contribution in [0.4, 0.5) is 4.79 Å². The van der Waals surface area contributed by atoms with Gasteiger partial charge in [-0.25, -0.2) is 13.2 Å². The third-order valence-electron chi connectivity index (χ3n) is 4.28. The predicted octanol–water partition coefficient (Wildman–Crippen LogP) is 1.93. The van der Waals surface area contributed by atoms with E-state index in [2.05, 4.69) is 0 Å². The van der Waals surface area contributed by atoms with Gasteiger partial charge in [-0.1, -0.05) is 17.7 Å². The molecular formula is C17H23NO6S. The van der Waals surface area contributed by atoms with Crippen LogP contribution in [0, 0.1) is 6.92 Å². The van der Waals surface area contributed by atoms with E-state index < -0.39 is 32.5 Å². The SMILES string of the molecule is CCOC(=O)N1COC[C@H]1C(=O)C(C)(C)S(=O)(=O)c1ccc(C)cc1. The summed E-state index contributed by atoms with van der Waals surface area (Å²) >= 11 is 0. The van der Waals surface area contributed by atoms with Crippen LogP contribution in [0.2, 0.25) is 0 Å². The van der Waals surface area contributed by atoms with E-state index in [-0.39, 0.29) is 24.8 Å². The number of rotatable bonds is 5. The van der Waals surface area contributed by atoms with Crippen LogP contribution in [0.3, 0.4) is 0 Å². The molecule has 8 heteroatoms. The summed E-state index contributed by atoms with van der Waals surface area (Å²) < 4.78 is 34.3. The maximum atomic E-state index is 13.0. The Bertz CT molecular complexity index is 754. The van der Waals surface area contributed by atoms with Crippen molar-refractivity contribution in [1.29, 1.82) is 0 Å². The van der Waals surface area contributed by atoms with Crippen molar-refractivity contribution in [2.75, 3.05) is 19.9 Å². The molecule has 0 spiro atoms. The van der Waals surface area contributed by atoms with Crippen molar-refractivity contribution < 1.29 is 27.5 Å². The first-order valence-electron chi connectivity index (χ1n) is 7.99. The van der Waals surface area contributed by atoms with Gasteiger partial charge in [0, 0.05) is 0 Å². The topological polar surface area (TPSA) is 90.0 Å². The van der Waals surface area contributed by atoms with Gasteiger partial charge >= 0.3 is 6.09 Å². The Labute approximate surface area is 147 Å². The second kappa shape index (κ2) is 7.13. The van der Waals surface area contributed by atoms with Gasteiger partial charge in [-0.3, -0.25) is 9.69 Å². The number of hydrogen-bond acceptors (Lipinski definition) is 6. The third-order valence-corrected chi connectivity index (χ3v) is 6.72. The molecule has 1 aliphatic heterocycles. The molecule has 0 aromatic heterocycles. The molecular weight excluding hydrogens is 346 g/mol. The molecule has 1 saturated heterocycles. The zero-order chi connectivity index (χ0) is 18.8. The molecule has 1 aliphatic rings. The average Bonchev–Trinajstić information content (AvgIpc) is 3.04. The summed E-state index contributed by atoms with van der Waals surface area (Å²) in [7, 11) is -3.94. The van der Waals surface area contributed by atoms with Gasteiger partial charge in [-0.2, -0.15) is 0 Å². The van der Waals surface area contributed by atoms with Crippen LogP contribution in [0.1, 0.15) is 26.3 Å². The molecule has 0 saturated carbocycles. The number of sulfone groups is 1. The van der Waals surface area contributed by atoms with Crippen molar-refractivity contribution in [3.05, 3.63) is 29.8 Å². The maximum Gasteiger partial charge on any atom is 0.412 e. The number of Topliss-reactive ketones (excluding diaryl/α,β-unsaturated/α-hetero) is 1. The molecule has 0 aliphatic carbocycles. The second-order valence-corrected chi connectivity index (χ2v) is 8.87. The third kappa shape index (κ3) is 3.55. The highest BCUT2D eigenvalue weighted by Gasteiger charge is 2.49. The molecule has 25 heavy (non-hydrogen) atoms. The molecule has 1 amide bonds. The smallest absolute Gasteiger partial charge is 0.412 e. The second-order valence-electron chi connectivity index (χ2n) is 6.38. The van der Waals surface area contributed by atoms with E-state index in [4.69, 9.17) is 9.47 Å². The van der Waals surface area contributed by atoms with Crippen molar-refractivity contribution in [2.45, 2.75) is 43.4 Å². The Hall–Kier alpha value is -1.93. The van der Waals surface area contributed by atoms with Crippen LogP contribution in [0.25, 0.3) is 0 Å². The molecule has 1 aromatic carbocycles. The summed E-state index contributed by atoms with van der Waals surface area (Å²) in [4.78, 5) is 26.1. The molecule has 0 radical (unpaired) electrons. The highest BCUT2D eigenvalue weighted by atomic mass is 32.2. The number of aryl methyl sites for hydroxylation is 1. The molecule has 0 unspecified atom stereocenters. The summed E-state index contributed by atoms with van der Waals surface area (Å²) in [6.07, 6.45) is -0.693. The van der Waals surface area contributed by atoms with Gasteiger partial charge in [0.05, 0.1) is 18.1 Å². The highest BCUT2D eigenvalue weighted by molar-refractivity contribution is 7.93. The summed E-state index contributed by atoms with van der Waals surface area (Å²) in [6.45, 7) is 6.21. The van der Waals surface area contributed by atoms with Gasteiger partial charge in [0.2, 0.25) is 0 Å². The number of carbonyl (C=O) groups excluding carboxylic acids is 2. The largest absolute Gasteiger partial charge is 0.450 e. The normalized spacial score (nSPS) is 18.2. The zero-order valence-electron chi connectivity index (χ0n) is 14.8. The van der Waals surface area contributed by atoms with Gasteiger partial charge in [0.15, 0.2) is 15.6 Å². The van der Waals surface area contributed by atoms with Gasteiger partial charge in [0.1, 0.15) is 17.5 Å². The highest BCUT2D eigenvalue weighted by Crippen LogP contribution is 2.30. The molecule has 1 fully saturated rings. The Morgan fingerprint density at radius 1 is 1.28 bits per heavy atom. The summed E-state index contributed by atoms with van der Waals surface area (Å²) in [5.41, 5.74) is 0.917. The minimum atomic E-state index is -3.94. The van der Waals surface area contributed by atoms with Gasteiger partial charge < -0.3 is 9.47 Å². The quantitative estimate of drug-likeness (QED) is 0.788. The first-order chi connectivity index (χ1) is 11.6. The van der Waals surface area contributed by atoms with Crippen molar-refractivity contribution in [3.63, 3.8) is 0 Å². The first kappa shape index (κ1) is 19.4. The van der Waals surface area contributed by atoms with E-state index >= 15 is 0 Å². The standard InChI is InChI=1S/C17H23NO6S/c1-5-24-16(20)18-11-23-10-14(18)15(19)17(3,4)25(21,22)13-8-6-12(2)7-9-13/h6-9,14H,5,10-11H2,1-4H3/t14-/m0/s1. The molecule has 2 rings (SSSR count). The lowest BCUT2D eigenvalue weighted by molar-refractivity contribution is -0.124. The van der Waals surface area contributed by atoms with Gasteiger partial charge in [-0.05, 0) is 39.8 Å². The van der Waals surface area contributed by atoms with Crippen LogP contribution < -0.4 is 0 Å². The Balaban J connectivity index is 2.32. The fourth-order valence-corrected chi connectivity index (χ4v) is 4.08. The van der Waals surface area contributed by atoms with E-state index in [1.807, 2.05) is 6.92 Å². The van der Waals surface area contributed by atoms with Crippen LogP contribution in [-0.4, -0.2) is 55.9 Å². The monoisotopic (exact) mass is 369 g/mol. The summed E-state index contributed by atoms with van der Waals surface area (Å²) in [6, 6.07) is 5.32. The predicted molar refractivity (Wildman–Crippen MR) is 90.9 cm³/mol. The molecule has 1 atom stereocenters. The first-order valence-corrected chi connectivity index (χ1v) is 9.48. The molecule has 1 aromatic rings. The minimum Gasteiger partial charge on any atom is -0.450 e. The number of hydrogen-bond donors (Lipinski definition) is 0. The lowest BCUT2D eigenvalue weighted by atomic mass is 10.0. The van der Waals surface area contributed by atoms with E-state index in [1.54, 1.807) is 19.1 Å². The molecule has 138 valence electrons. The van der Waals surface area contributed by atoms with Crippen molar-refractivity contribution in [3.8, 4) is 0 Å². The Kier molecular flexibility index (Phi) is 5.53. The Morgan fingerprint density at radius 3 is 2.44 bits per heavy atom. The number of ether oxygens (including phenoxy) is 2. The molecule has 1 heterocycles. The Morgan fingerprint density at radius 2 is 1.88 bits per heavy atom. The van der Waals surface area contributed by atoms with Crippen LogP contribution in [0.5, 0.6) is 0 Å². The lowest BCUT2D eigenvalue weighted by Gasteiger charge is -2.29. The van der Waals surface area contributed by atoms with Crippen LogP contribution in [-0.2, 0) is 24.1 Å². The number of ketones is 1. The lowest BCUT2D eigenvalue weighted by Crippen LogP contribution is -2.53. The van der Waals surface area contributed by atoms with E-state index in [0.717, 1.165) is 10.5 Å².